The Morgan fingerprint density at radius 3 is 2.78 bits per heavy atom. The molecule has 0 atom stereocenters. The van der Waals surface area contributed by atoms with Crippen LogP contribution in [0, 0.1) is 0 Å². The molecule has 5 nitrogen and oxygen atoms in total. The first-order chi connectivity index (χ1) is 13.2. The van der Waals surface area contributed by atoms with Gasteiger partial charge in [0.25, 0.3) is 5.56 Å². The highest BCUT2D eigenvalue weighted by atomic mass is 32.1. The lowest BCUT2D eigenvalue weighted by Crippen LogP contribution is -2.33. The zero-order chi connectivity index (χ0) is 18.6. The van der Waals surface area contributed by atoms with Gasteiger partial charge in [0.05, 0.1) is 11.7 Å². The number of thiophene rings is 2. The Morgan fingerprint density at radius 1 is 1.15 bits per heavy atom. The van der Waals surface area contributed by atoms with Crippen molar-refractivity contribution < 1.29 is 4.79 Å². The van der Waals surface area contributed by atoms with Gasteiger partial charge < -0.3 is 5.32 Å². The molecule has 0 aliphatic carbocycles. The summed E-state index contributed by atoms with van der Waals surface area (Å²) in [5.41, 5.74) is 0.865. The number of nitrogens with one attached hydrogen (secondary N) is 1. The van der Waals surface area contributed by atoms with Crippen molar-refractivity contribution in [3.05, 3.63) is 75.5 Å². The monoisotopic (exact) mass is 395 g/mol. The summed E-state index contributed by atoms with van der Waals surface area (Å²) in [5, 5.41) is 5.42. The van der Waals surface area contributed by atoms with Crippen LogP contribution in [-0.2, 0) is 17.8 Å². The molecule has 0 radical (unpaired) electrons. The molecule has 0 aliphatic rings. The summed E-state index contributed by atoms with van der Waals surface area (Å²) in [4.78, 5) is 32.2. The Morgan fingerprint density at radius 2 is 2.00 bits per heavy atom. The quantitative estimate of drug-likeness (QED) is 0.543. The van der Waals surface area contributed by atoms with Gasteiger partial charge in [-0.2, -0.15) is 0 Å². The molecule has 0 fully saturated rings. The first kappa shape index (κ1) is 17.6. The van der Waals surface area contributed by atoms with Crippen molar-refractivity contribution in [2.75, 3.05) is 6.54 Å². The Labute approximate surface area is 163 Å². The summed E-state index contributed by atoms with van der Waals surface area (Å²) in [6, 6.07) is 15.8. The van der Waals surface area contributed by atoms with Crippen LogP contribution < -0.4 is 10.9 Å². The van der Waals surface area contributed by atoms with Gasteiger partial charge in [0, 0.05) is 16.3 Å². The fraction of sp³-hybridized carbons (Fsp3) is 0.150. The van der Waals surface area contributed by atoms with Gasteiger partial charge in [-0.15, -0.1) is 22.7 Å². The molecule has 3 aromatic heterocycles. The molecule has 0 unspecified atom stereocenters. The van der Waals surface area contributed by atoms with Crippen molar-refractivity contribution in [2.45, 2.75) is 13.0 Å². The molecule has 4 aromatic rings. The molecular weight excluding hydrogens is 378 g/mol. The number of carbonyl (C=O) groups excluding carboxylic acids is 1. The van der Waals surface area contributed by atoms with E-state index in [2.05, 4.69) is 10.3 Å². The van der Waals surface area contributed by atoms with E-state index in [1.807, 2.05) is 53.9 Å². The van der Waals surface area contributed by atoms with Gasteiger partial charge in [-0.05, 0) is 29.5 Å². The minimum atomic E-state index is -0.188. The van der Waals surface area contributed by atoms with Gasteiger partial charge in [0.15, 0.2) is 0 Å². The molecule has 3 heterocycles. The molecule has 0 saturated heterocycles. The predicted molar refractivity (Wildman–Crippen MR) is 110 cm³/mol. The predicted octanol–water partition coefficient (Wildman–Crippen LogP) is 3.55. The third-order valence-corrected chi connectivity index (χ3v) is 6.19. The third-order valence-electron chi connectivity index (χ3n) is 4.16. The summed E-state index contributed by atoms with van der Waals surface area (Å²) >= 11 is 3.15. The van der Waals surface area contributed by atoms with E-state index < -0.39 is 0 Å². The van der Waals surface area contributed by atoms with Gasteiger partial charge in [-0.25, -0.2) is 4.98 Å². The zero-order valence-corrected chi connectivity index (χ0v) is 16.1. The van der Waals surface area contributed by atoms with E-state index in [0.717, 1.165) is 16.9 Å². The summed E-state index contributed by atoms with van der Waals surface area (Å²) in [6.45, 7) is 0.531. The molecule has 0 saturated carbocycles. The van der Waals surface area contributed by atoms with Gasteiger partial charge in [0.1, 0.15) is 11.4 Å². The summed E-state index contributed by atoms with van der Waals surface area (Å²) in [5.74, 6) is -0.187. The highest BCUT2D eigenvalue weighted by Crippen LogP contribution is 2.30. The number of benzene rings is 1. The van der Waals surface area contributed by atoms with Crippen LogP contribution in [0.25, 0.3) is 20.7 Å². The Balaban J connectivity index is 1.48. The molecule has 4 rings (SSSR count). The lowest BCUT2D eigenvalue weighted by molar-refractivity contribution is -0.121. The zero-order valence-electron chi connectivity index (χ0n) is 14.4. The van der Waals surface area contributed by atoms with Gasteiger partial charge in [-0.1, -0.05) is 36.4 Å². The summed E-state index contributed by atoms with van der Waals surface area (Å²) in [6.07, 6.45) is 2.25. The van der Waals surface area contributed by atoms with Crippen molar-refractivity contribution in [3.8, 4) is 10.4 Å². The van der Waals surface area contributed by atoms with Crippen molar-refractivity contribution >= 4 is 38.8 Å². The SMILES string of the molecule is O=C(Cn1cnc2sc(-c3ccccc3)cc2c1=O)NCCc1cccs1. The normalized spacial score (nSPS) is 11.0. The maximum absolute atomic E-state index is 12.7. The fourth-order valence-electron chi connectivity index (χ4n) is 2.81. The highest BCUT2D eigenvalue weighted by Gasteiger charge is 2.12. The molecule has 1 amide bonds. The number of carbonyl (C=O) groups is 1. The number of rotatable bonds is 6. The van der Waals surface area contributed by atoms with Crippen LogP contribution in [0.15, 0.2) is 65.0 Å². The minimum absolute atomic E-state index is 0.0251. The van der Waals surface area contributed by atoms with Gasteiger partial charge in [-0.3, -0.25) is 14.2 Å². The molecule has 27 heavy (non-hydrogen) atoms. The molecule has 136 valence electrons. The number of amides is 1. The first-order valence-electron chi connectivity index (χ1n) is 8.54. The van der Waals surface area contributed by atoms with E-state index in [4.69, 9.17) is 0 Å². The first-order valence-corrected chi connectivity index (χ1v) is 10.2. The Kier molecular flexibility index (Phi) is 5.13. The van der Waals surface area contributed by atoms with Crippen molar-refractivity contribution in [1.82, 2.24) is 14.9 Å². The molecule has 0 aliphatic heterocycles. The van der Waals surface area contributed by atoms with Crippen LogP contribution in [0.1, 0.15) is 4.88 Å². The number of fused-ring (bicyclic) bond motifs is 1. The van der Waals surface area contributed by atoms with E-state index in [-0.39, 0.29) is 18.0 Å². The van der Waals surface area contributed by atoms with E-state index in [1.165, 1.54) is 27.1 Å². The van der Waals surface area contributed by atoms with Crippen LogP contribution >= 0.6 is 22.7 Å². The largest absolute Gasteiger partial charge is 0.354 e. The number of hydrogen-bond acceptors (Lipinski definition) is 5. The smallest absolute Gasteiger partial charge is 0.262 e. The average Bonchev–Trinajstić information content (AvgIpc) is 3.35. The van der Waals surface area contributed by atoms with E-state index in [9.17, 15) is 9.59 Å². The van der Waals surface area contributed by atoms with E-state index >= 15 is 0 Å². The number of hydrogen-bond donors (Lipinski definition) is 1. The van der Waals surface area contributed by atoms with Crippen molar-refractivity contribution in [1.29, 1.82) is 0 Å². The van der Waals surface area contributed by atoms with E-state index in [1.54, 1.807) is 11.3 Å². The lowest BCUT2D eigenvalue weighted by Gasteiger charge is -2.06. The number of aromatic nitrogens is 2. The van der Waals surface area contributed by atoms with Crippen LogP contribution in [0.3, 0.4) is 0 Å². The van der Waals surface area contributed by atoms with Crippen LogP contribution in [0.2, 0.25) is 0 Å². The third kappa shape index (κ3) is 3.99. The van der Waals surface area contributed by atoms with Crippen LogP contribution in [0.4, 0.5) is 0 Å². The van der Waals surface area contributed by atoms with Gasteiger partial charge in [0.2, 0.25) is 5.91 Å². The second-order valence-electron chi connectivity index (χ2n) is 6.05. The maximum Gasteiger partial charge on any atom is 0.262 e. The fourth-order valence-corrected chi connectivity index (χ4v) is 4.51. The van der Waals surface area contributed by atoms with E-state index in [0.29, 0.717) is 16.8 Å². The van der Waals surface area contributed by atoms with Crippen molar-refractivity contribution in [3.63, 3.8) is 0 Å². The molecule has 0 bridgehead atoms. The molecule has 0 spiro atoms. The molecular formula is C20H17N3O2S2. The second-order valence-corrected chi connectivity index (χ2v) is 8.12. The Bertz CT molecular complexity index is 1120. The van der Waals surface area contributed by atoms with Crippen LogP contribution in [-0.4, -0.2) is 22.0 Å². The minimum Gasteiger partial charge on any atom is -0.354 e. The summed E-state index contributed by atoms with van der Waals surface area (Å²) < 4.78 is 1.37. The van der Waals surface area contributed by atoms with Crippen LogP contribution in [0.5, 0.6) is 0 Å². The topological polar surface area (TPSA) is 64.0 Å². The molecule has 1 aromatic carbocycles. The summed E-state index contributed by atoms with van der Waals surface area (Å²) in [7, 11) is 0. The van der Waals surface area contributed by atoms with Gasteiger partial charge >= 0.3 is 0 Å². The van der Waals surface area contributed by atoms with Crippen molar-refractivity contribution in [2.24, 2.45) is 0 Å². The number of nitrogens with zero attached hydrogens (tertiary/aromatic N) is 2. The average molecular weight is 396 g/mol. The lowest BCUT2D eigenvalue weighted by atomic mass is 10.2. The maximum atomic E-state index is 12.7. The second kappa shape index (κ2) is 7.85. The Hall–Kier alpha value is -2.77. The standard InChI is InChI=1S/C20H17N3O2S2/c24-18(21-9-8-15-7-4-10-26-15)12-23-13-22-19-16(20(23)25)11-17(27-19)14-5-2-1-3-6-14/h1-7,10-11,13H,8-9,12H2,(H,21,24). The highest BCUT2D eigenvalue weighted by molar-refractivity contribution is 7.21. The molecule has 7 heteroatoms. The molecule has 1 N–H and O–H groups in total.